The summed E-state index contributed by atoms with van der Waals surface area (Å²) < 4.78 is 10.9. The Morgan fingerprint density at radius 3 is 2.10 bits per heavy atom. The summed E-state index contributed by atoms with van der Waals surface area (Å²) in [5.41, 5.74) is 5.07. The van der Waals surface area contributed by atoms with Crippen LogP contribution in [0.3, 0.4) is 0 Å². The number of carboxylic acid groups (broad SMARTS) is 1. The van der Waals surface area contributed by atoms with Gasteiger partial charge in [-0.15, -0.1) is 0 Å². The average molecular weight is 557 g/mol. The van der Waals surface area contributed by atoms with Crippen LogP contribution >= 0.6 is 0 Å². The lowest BCUT2D eigenvalue weighted by atomic mass is 9.98. The zero-order valence-electron chi connectivity index (χ0n) is 22.5. The van der Waals surface area contributed by atoms with Crippen LogP contribution in [-0.4, -0.2) is 47.7 Å². The summed E-state index contributed by atoms with van der Waals surface area (Å²) in [5.74, 6) is -2.86. The van der Waals surface area contributed by atoms with Gasteiger partial charge in [-0.05, 0) is 47.1 Å². The first-order valence-electron chi connectivity index (χ1n) is 13.7. The second-order valence-corrected chi connectivity index (χ2v) is 10.4. The van der Waals surface area contributed by atoms with Crippen LogP contribution in [0.4, 0.5) is 4.79 Å². The molecule has 1 saturated carbocycles. The molecule has 0 radical (unpaired) electrons. The van der Waals surface area contributed by atoms with Gasteiger partial charge in [0.2, 0.25) is 5.91 Å². The van der Waals surface area contributed by atoms with Crippen LogP contribution in [0.5, 0.6) is 0 Å². The van der Waals surface area contributed by atoms with Crippen molar-refractivity contribution < 1.29 is 33.8 Å². The number of carbonyl (C=O) groups is 4. The van der Waals surface area contributed by atoms with Crippen LogP contribution in [0.25, 0.3) is 11.1 Å². The Morgan fingerprint density at radius 2 is 1.46 bits per heavy atom. The molecule has 212 valence electrons. The van der Waals surface area contributed by atoms with E-state index in [1.807, 2.05) is 78.9 Å². The van der Waals surface area contributed by atoms with E-state index in [0.29, 0.717) is 12.8 Å². The Morgan fingerprint density at radius 1 is 0.829 bits per heavy atom. The van der Waals surface area contributed by atoms with Gasteiger partial charge < -0.3 is 25.2 Å². The van der Waals surface area contributed by atoms with Crippen molar-refractivity contribution in [2.24, 2.45) is 5.92 Å². The number of carbonyl (C=O) groups excluding carboxylic acids is 3. The Kier molecular flexibility index (Phi) is 8.62. The topological polar surface area (TPSA) is 131 Å². The van der Waals surface area contributed by atoms with E-state index in [4.69, 9.17) is 9.47 Å². The normalized spacial score (nSPS) is 18.0. The summed E-state index contributed by atoms with van der Waals surface area (Å²) in [6.45, 7) is 0.0808. The fourth-order valence-electron chi connectivity index (χ4n) is 5.59. The Bertz CT molecular complexity index is 1380. The predicted molar refractivity (Wildman–Crippen MR) is 150 cm³/mol. The third-order valence-electron chi connectivity index (χ3n) is 7.69. The number of nitrogens with one attached hydrogen (secondary N) is 2. The fourth-order valence-corrected chi connectivity index (χ4v) is 5.59. The molecule has 3 N–H and O–H groups in total. The van der Waals surface area contributed by atoms with Crippen molar-refractivity contribution in [3.63, 3.8) is 0 Å². The minimum Gasteiger partial charge on any atom is -0.481 e. The highest BCUT2D eigenvalue weighted by molar-refractivity contribution is 5.90. The van der Waals surface area contributed by atoms with Crippen molar-refractivity contribution >= 4 is 23.9 Å². The predicted octanol–water partition coefficient (Wildman–Crippen LogP) is 4.40. The molecule has 2 unspecified atom stereocenters. The molecule has 3 aromatic carbocycles. The van der Waals surface area contributed by atoms with Crippen LogP contribution < -0.4 is 10.6 Å². The number of ether oxygens (including phenoxy) is 2. The van der Waals surface area contributed by atoms with Crippen molar-refractivity contribution in [1.82, 2.24) is 10.6 Å². The SMILES string of the molecule is O=C(C[C@H](NC(=O)OCC1c2ccccc2-c2ccccc21)C(=O)NC1CCC(C(=O)O)C1)OCc1ccccc1. The highest BCUT2D eigenvalue weighted by atomic mass is 16.5. The van der Waals surface area contributed by atoms with Crippen molar-refractivity contribution in [3.05, 3.63) is 95.6 Å². The maximum Gasteiger partial charge on any atom is 0.407 e. The molecule has 2 amide bonds. The van der Waals surface area contributed by atoms with Crippen molar-refractivity contribution in [2.75, 3.05) is 6.61 Å². The summed E-state index contributed by atoms with van der Waals surface area (Å²) >= 11 is 0. The molecule has 1 fully saturated rings. The number of fused-ring (bicyclic) bond motifs is 3. The highest BCUT2D eigenvalue weighted by Crippen LogP contribution is 2.44. The van der Waals surface area contributed by atoms with Crippen LogP contribution in [0.2, 0.25) is 0 Å². The van der Waals surface area contributed by atoms with Crippen molar-refractivity contribution in [3.8, 4) is 11.1 Å². The summed E-state index contributed by atoms with van der Waals surface area (Å²) in [6, 6.07) is 23.4. The zero-order chi connectivity index (χ0) is 28.8. The molecule has 0 bridgehead atoms. The van der Waals surface area contributed by atoms with Crippen molar-refractivity contribution in [2.45, 2.75) is 50.3 Å². The first-order chi connectivity index (χ1) is 19.9. The van der Waals surface area contributed by atoms with Crippen LogP contribution in [0.15, 0.2) is 78.9 Å². The van der Waals surface area contributed by atoms with Gasteiger partial charge in [-0.2, -0.15) is 0 Å². The van der Waals surface area contributed by atoms with E-state index in [9.17, 15) is 24.3 Å². The minimum atomic E-state index is -1.25. The van der Waals surface area contributed by atoms with Crippen LogP contribution in [0, 0.1) is 5.92 Å². The fraction of sp³-hybridized carbons (Fsp3) is 0.312. The highest BCUT2D eigenvalue weighted by Gasteiger charge is 2.34. The number of alkyl carbamates (subject to hydrolysis) is 1. The second-order valence-electron chi connectivity index (χ2n) is 10.4. The summed E-state index contributed by atoms with van der Waals surface area (Å²) in [7, 11) is 0. The van der Waals surface area contributed by atoms with E-state index in [-0.39, 0.29) is 31.6 Å². The van der Waals surface area contributed by atoms with E-state index in [1.54, 1.807) is 0 Å². The smallest absolute Gasteiger partial charge is 0.407 e. The first kappa shape index (κ1) is 27.9. The third kappa shape index (κ3) is 6.74. The number of aliphatic carboxylic acids is 1. The molecule has 9 heteroatoms. The average Bonchev–Trinajstić information content (AvgIpc) is 3.58. The quantitative estimate of drug-likeness (QED) is 0.316. The minimum absolute atomic E-state index is 0.0296. The molecule has 5 rings (SSSR count). The lowest BCUT2D eigenvalue weighted by Crippen LogP contribution is -2.50. The van der Waals surface area contributed by atoms with Gasteiger partial charge >= 0.3 is 18.0 Å². The van der Waals surface area contributed by atoms with Gasteiger partial charge in [0, 0.05) is 12.0 Å². The Balaban J connectivity index is 1.23. The number of hydrogen-bond donors (Lipinski definition) is 3. The first-order valence-corrected chi connectivity index (χ1v) is 13.7. The molecular formula is C32H32N2O7. The summed E-state index contributed by atoms with van der Waals surface area (Å²) in [6.07, 6.45) is -0.00428. The standard InChI is InChI=1S/C32H32N2O7/c35-29(40-18-20-8-2-1-3-9-20)17-28(30(36)33-22-15-14-21(16-22)31(37)38)34-32(39)41-19-27-25-12-6-4-10-23(25)24-11-5-7-13-26(24)27/h1-13,21-22,27-28H,14-19H2,(H,33,36)(H,34,39)(H,37,38)/t21?,22?,28-/m0/s1. The summed E-state index contributed by atoms with van der Waals surface area (Å²) in [5, 5.41) is 14.6. The molecule has 3 aromatic rings. The number of rotatable bonds is 10. The van der Waals surface area contributed by atoms with E-state index >= 15 is 0 Å². The van der Waals surface area contributed by atoms with Gasteiger partial charge in [0.1, 0.15) is 19.3 Å². The maximum absolute atomic E-state index is 13.2. The molecular weight excluding hydrogens is 524 g/mol. The molecule has 3 atom stereocenters. The van der Waals surface area contributed by atoms with E-state index < -0.39 is 42.3 Å². The van der Waals surface area contributed by atoms with Crippen molar-refractivity contribution in [1.29, 1.82) is 0 Å². The summed E-state index contributed by atoms with van der Waals surface area (Å²) in [4.78, 5) is 50.1. The Labute approximate surface area is 237 Å². The molecule has 41 heavy (non-hydrogen) atoms. The Hall–Kier alpha value is -4.66. The van der Waals surface area contributed by atoms with Gasteiger partial charge in [0.25, 0.3) is 0 Å². The third-order valence-corrected chi connectivity index (χ3v) is 7.69. The largest absolute Gasteiger partial charge is 0.481 e. The monoisotopic (exact) mass is 556 g/mol. The van der Waals surface area contributed by atoms with Gasteiger partial charge in [-0.1, -0.05) is 78.9 Å². The number of benzene rings is 3. The molecule has 0 aliphatic heterocycles. The molecule has 0 spiro atoms. The number of hydrogen-bond acceptors (Lipinski definition) is 6. The maximum atomic E-state index is 13.2. The molecule has 9 nitrogen and oxygen atoms in total. The van der Waals surface area contributed by atoms with E-state index in [0.717, 1.165) is 27.8 Å². The van der Waals surface area contributed by atoms with E-state index in [2.05, 4.69) is 10.6 Å². The number of carboxylic acids is 1. The molecule has 0 saturated heterocycles. The number of esters is 1. The van der Waals surface area contributed by atoms with E-state index in [1.165, 1.54) is 0 Å². The molecule has 2 aliphatic rings. The van der Waals surface area contributed by atoms with Gasteiger partial charge in [0.05, 0.1) is 12.3 Å². The molecule has 2 aliphatic carbocycles. The number of amides is 2. The lowest BCUT2D eigenvalue weighted by Gasteiger charge is -2.21. The lowest BCUT2D eigenvalue weighted by molar-refractivity contribution is -0.147. The zero-order valence-corrected chi connectivity index (χ0v) is 22.5. The van der Waals surface area contributed by atoms with Crippen LogP contribution in [-0.2, 0) is 30.5 Å². The van der Waals surface area contributed by atoms with Gasteiger partial charge in [-0.3, -0.25) is 14.4 Å². The van der Waals surface area contributed by atoms with Gasteiger partial charge in [-0.25, -0.2) is 4.79 Å². The molecule has 0 heterocycles. The van der Waals surface area contributed by atoms with Gasteiger partial charge in [0.15, 0.2) is 0 Å². The molecule has 0 aromatic heterocycles. The van der Waals surface area contributed by atoms with Crippen LogP contribution in [0.1, 0.15) is 48.3 Å². The second kappa shape index (κ2) is 12.7.